The second kappa shape index (κ2) is 6.26. The maximum atomic E-state index is 9.94. The number of hydrogen-bond acceptors (Lipinski definition) is 4. The summed E-state index contributed by atoms with van der Waals surface area (Å²) in [6.07, 6.45) is 3.62. The van der Waals surface area contributed by atoms with Crippen molar-refractivity contribution in [1.29, 1.82) is 0 Å². The molecule has 1 aliphatic carbocycles. The normalized spacial score (nSPS) is 25.0. The Morgan fingerprint density at radius 3 is 2.84 bits per heavy atom. The van der Waals surface area contributed by atoms with Gasteiger partial charge in [0.25, 0.3) is 0 Å². The largest absolute Gasteiger partial charge is 0.508 e. The maximum Gasteiger partial charge on any atom is 0.120 e. The number of phenols is 1. The summed E-state index contributed by atoms with van der Waals surface area (Å²) in [7, 11) is 1.62. The van der Waals surface area contributed by atoms with Gasteiger partial charge in [0.15, 0.2) is 0 Å². The van der Waals surface area contributed by atoms with Crippen molar-refractivity contribution in [2.24, 2.45) is 0 Å². The topological polar surface area (TPSA) is 61.7 Å². The van der Waals surface area contributed by atoms with Crippen LogP contribution in [0, 0.1) is 0 Å². The summed E-state index contributed by atoms with van der Waals surface area (Å²) >= 11 is 0. The first-order valence-electron chi connectivity index (χ1n) is 6.91. The molecule has 3 N–H and O–H groups in total. The second-order valence-electron chi connectivity index (χ2n) is 5.33. The van der Waals surface area contributed by atoms with Gasteiger partial charge in [0.2, 0.25) is 0 Å². The van der Waals surface area contributed by atoms with Crippen LogP contribution >= 0.6 is 0 Å². The molecular formula is C15H23NO3. The van der Waals surface area contributed by atoms with Gasteiger partial charge < -0.3 is 20.3 Å². The van der Waals surface area contributed by atoms with E-state index in [4.69, 9.17) is 4.74 Å². The average molecular weight is 265 g/mol. The highest BCUT2D eigenvalue weighted by atomic mass is 16.5. The Bertz CT molecular complexity index is 422. The number of aliphatic hydroxyl groups is 1. The Balaban J connectivity index is 2.04. The molecule has 1 fully saturated rings. The number of ether oxygens (including phenoxy) is 1. The minimum absolute atomic E-state index is 0.0328. The highest BCUT2D eigenvalue weighted by Crippen LogP contribution is 2.30. The summed E-state index contributed by atoms with van der Waals surface area (Å²) in [6.45, 7) is 2.02. The van der Waals surface area contributed by atoms with Gasteiger partial charge in [0, 0.05) is 17.6 Å². The monoisotopic (exact) mass is 265 g/mol. The van der Waals surface area contributed by atoms with Gasteiger partial charge in [-0.1, -0.05) is 0 Å². The molecule has 0 aliphatic heterocycles. The first-order valence-corrected chi connectivity index (χ1v) is 6.91. The van der Waals surface area contributed by atoms with E-state index >= 15 is 0 Å². The molecular weight excluding hydrogens is 242 g/mol. The molecule has 1 aromatic carbocycles. The highest BCUT2D eigenvalue weighted by Gasteiger charge is 2.22. The Kier molecular flexibility index (Phi) is 4.66. The Labute approximate surface area is 114 Å². The van der Waals surface area contributed by atoms with Crippen LogP contribution in [-0.4, -0.2) is 29.5 Å². The van der Waals surface area contributed by atoms with Crippen LogP contribution in [0.4, 0.5) is 0 Å². The third-order valence-corrected chi connectivity index (χ3v) is 3.83. The zero-order chi connectivity index (χ0) is 13.8. The molecule has 0 amide bonds. The molecule has 4 nitrogen and oxygen atoms in total. The molecule has 3 unspecified atom stereocenters. The summed E-state index contributed by atoms with van der Waals surface area (Å²) < 4.78 is 5.19. The van der Waals surface area contributed by atoms with Crippen LogP contribution in [0.1, 0.15) is 44.2 Å². The van der Waals surface area contributed by atoms with Crippen molar-refractivity contribution in [2.45, 2.75) is 50.8 Å². The molecule has 0 heterocycles. The van der Waals surface area contributed by atoms with Gasteiger partial charge in [-0.05, 0) is 50.8 Å². The Hall–Kier alpha value is -1.26. The molecule has 3 atom stereocenters. The predicted molar refractivity (Wildman–Crippen MR) is 74.5 cm³/mol. The summed E-state index contributed by atoms with van der Waals surface area (Å²) in [5.41, 5.74) is 0.833. The summed E-state index contributed by atoms with van der Waals surface area (Å²) in [4.78, 5) is 0. The van der Waals surface area contributed by atoms with Crippen LogP contribution in [0.5, 0.6) is 11.5 Å². The van der Waals surface area contributed by atoms with Gasteiger partial charge in [0.05, 0.1) is 13.2 Å². The number of aromatic hydroxyl groups is 1. The smallest absolute Gasteiger partial charge is 0.120 e. The highest BCUT2D eigenvalue weighted by molar-refractivity contribution is 5.41. The lowest BCUT2D eigenvalue weighted by atomic mass is 9.92. The number of methoxy groups -OCH3 is 1. The van der Waals surface area contributed by atoms with Gasteiger partial charge in [-0.25, -0.2) is 0 Å². The minimum Gasteiger partial charge on any atom is -0.508 e. The van der Waals surface area contributed by atoms with Gasteiger partial charge in [-0.15, -0.1) is 0 Å². The molecule has 1 saturated carbocycles. The van der Waals surface area contributed by atoms with Crippen molar-refractivity contribution in [3.63, 3.8) is 0 Å². The first kappa shape index (κ1) is 14.2. The third-order valence-electron chi connectivity index (χ3n) is 3.83. The predicted octanol–water partition coefficient (Wildman–Crippen LogP) is 2.35. The number of aliphatic hydroxyl groups excluding tert-OH is 1. The average Bonchev–Trinajstić information content (AvgIpc) is 2.39. The molecule has 0 radical (unpaired) electrons. The van der Waals surface area contributed by atoms with E-state index < -0.39 is 0 Å². The first-order chi connectivity index (χ1) is 9.10. The van der Waals surface area contributed by atoms with Crippen LogP contribution in [0.2, 0.25) is 0 Å². The zero-order valence-corrected chi connectivity index (χ0v) is 11.6. The fourth-order valence-corrected chi connectivity index (χ4v) is 2.77. The molecule has 19 heavy (non-hydrogen) atoms. The number of benzene rings is 1. The van der Waals surface area contributed by atoms with E-state index in [9.17, 15) is 10.2 Å². The van der Waals surface area contributed by atoms with Crippen molar-refractivity contribution < 1.29 is 14.9 Å². The quantitative estimate of drug-likeness (QED) is 0.782. The third kappa shape index (κ3) is 3.61. The number of phenolic OH excluding ortho intramolecular Hbond substituents is 1. The maximum absolute atomic E-state index is 9.94. The number of nitrogens with one attached hydrogen (secondary N) is 1. The van der Waals surface area contributed by atoms with Crippen molar-refractivity contribution in [2.75, 3.05) is 7.11 Å². The van der Waals surface area contributed by atoms with Crippen molar-refractivity contribution in [3.05, 3.63) is 23.8 Å². The molecule has 0 saturated heterocycles. The molecule has 0 bridgehead atoms. The van der Waals surface area contributed by atoms with Crippen molar-refractivity contribution in [3.8, 4) is 11.5 Å². The fourth-order valence-electron chi connectivity index (χ4n) is 2.77. The Morgan fingerprint density at radius 1 is 1.37 bits per heavy atom. The van der Waals surface area contributed by atoms with Gasteiger partial charge in [-0.3, -0.25) is 0 Å². The van der Waals surface area contributed by atoms with Crippen LogP contribution in [0.15, 0.2) is 18.2 Å². The molecule has 2 rings (SSSR count). The van der Waals surface area contributed by atoms with Crippen LogP contribution in [0.25, 0.3) is 0 Å². The molecule has 1 aromatic rings. The Morgan fingerprint density at radius 2 is 2.16 bits per heavy atom. The number of rotatable bonds is 4. The standard InChI is InChI=1S/C15H23NO3/c1-10(16-11-4-3-5-12(17)8-11)14-9-13(19-2)6-7-15(14)18/h6-7,9-12,16-18H,3-5,8H2,1-2H3. The van der Waals surface area contributed by atoms with E-state index in [1.165, 1.54) is 0 Å². The molecule has 1 aliphatic rings. The molecule has 0 spiro atoms. The van der Waals surface area contributed by atoms with Crippen LogP contribution in [0.3, 0.4) is 0 Å². The SMILES string of the molecule is COc1ccc(O)c(C(C)NC2CCCC(O)C2)c1. The van der Waals surface area contributed by atoms with E-state index in [0.717, 1.165) is 37.0 Å². The second-order valence-corrected chi connectivity index (χ2v) is 5.33. The summed E-state index contributed by atoms with van der Waals surface area (Å²) in [5, 5.41) is 23.1. The molecule has 4 heteroatoms. The fraction of sp³-hybridized carbons (Fsp3) is 0.600. The van der Waals surface area contributed by atoms with Crippen LogP contribution in [-0.2, 0) is 0 Å². The van der Waals surface area contributed by atoms with Crippen molar-refractivity contribution in [1.82, 2.24) is 5.32 Å². The summed E-state index contributed by atoms with van der Waals surface area (Å²) in [6, 6.07) is 5.60. The molecule has 0 aromatic heterocycles. The van der Waals surface area contributed by atoms with E-state index in [2.05, 4.69) is 5.32 Å². The summed E-state index contributed by atoms with van der Waals surface area (Å²) in [5.74, 6) is 1.02. The van der Waals surface area contributed by atoms with E-state index in [0.29, 0.717) is 6.04 Å². The molecule has 106 valence electrons. The van der Waals surface area contributed by atoms with Crippen molar-refractivity contribution >= 4 is 0 Å². The lowest BCUT2D eigenvalue weighted by Gasteiger charge is -2.30. The minimum atomic E-state index is -0.197. The lowest BCUT2D eigenvalue weighted by Crippen LogP contribution is -2.37. The van der Waals surface area contributed by atoms with E-state index in [-0.39, 0.29) is 17.9 Å². The van der Waals surface area contributed by atoms with Gasteiger partial charge in [-0.2, -0.15) is 0 Å². The van der Waals surface area contributed by atoms with E-state index in [1.54, 1.807) is 19.2 Å². The van der Waals surface area contributed by atoms with Gasteiger partial charge in [0.1, 0.15) is 11.5 Å². The van der Waals surface area contributed by atoms with Gasteiger partial charge >= 0.3 is 0 Å². The zero-order valence-electron chi connectivity index (χ0n) is 11.6. The lowest BCUT2D eigenvalue weighted by molar-refractivity contribution is 0.109. The van der Waals surface area contributed by atoms with Crippen LogP contribution < -0.4 is 10.1 Å². The van der Waals surface area contributed by atoms with E-state index in [1.807, 2.05) is 13.0 Å². The number of hydrogen-bond donors (Lipinski definition) is 3.